The average molecular weight is 239 g/mol. The normalized spacial score (nSPS) is 11.2. The van der Waals surface area contributed by atoms with Crippen molar-refractivity contribution in [3.63, 3.8) is 0 Å². The second-order valence-electron chi connectivity index (χ2n) is 3.36. The molecule has 0 aliphatic carbocycles. The molecule has 5 nitrogen and oxygen atoms in total. The lowest BCUT2D eigenvalue weighted by atomic mass is 10.1. The first-order chi connectivity index (χ1) is 8.19. The maximum Gasteiger partial charge on any atom is 0.251 e. The van der Waals surface area contributed by atoms with Crippen molar-refractivity contribution in [3.8, 4) is 0 Å². The van der Waals surface area contributed by atoms with Gasteiger partial charge in [-0.25, -0.2) is 0 Å². The Morgan fingerprint density at radius 1 is 1.35 bits per heavy atom. The van der Waals surface area contributed by atoms with Gasteiger partial charge >= 0.3 is 0 Å². The zero-order chi connectivity index (χ0) is 12.7. The van der Waals surface area contributed by atoms with Crippen LogP contribution in [0, 0.1) is 0 Å². The van der Waals surface area contributed by atoms with Crippen molar-refractivity contribution < 1.29 is 14.4 Å². The number of amidine groups is 1. The van der Waals surface area contributed by atoms with Crippen LogP contribution in [0.25, 0.3) is 0 Å². The SMILES string of the molecule is N/C(=N/O)c1ccc(C(=O)NCCCF)cc1. The van der Waals surface area contributed by atoms with Crippen LogP contribution in [0.2, 0.25) is 0 Å². The van der Waals surface area contributed by atoms with E-state index in [-0.39, 0.29) is 11.7 Å². The molecule has 0 aliphatic heterocycles. The molecular weight excluding hydrogens is 225 g/mol. The fourth-order valence-electron chi connectivity index (χ4n) is 1.22. The van der Waals surface area contributed by atoms with Gasteiger partial charge < -0.3 is 16.3 Å². The molecule has 0 radical (unpaired) electrons. The van der Waals surface area contributed by atoms with Gasteiger partial charge in [-0.3, -0.25) is 9.18 Å². The van der Waals surface area contributed by atoms with Gasteiger partial charge in [-0.05, 0) is 18.6 Å². The zero-order valence-electron chi connectivity index (χ0n) is 9.19. The lowest BCUT2D eigenvalue weighted by Crippen LogP contribution is -2.24. The summed E-state index contributed by atoms with van der Waals surface area (Å²) in [6, 6.07) is 6.24. The number of oxime groups is 1. The first kappa shape index (κ1) is 13.0. The number of alkyl halides is 1. The minimum absolute atomic E-state index is 0.0191. The largest absolute Gasteiger partial charge is 0.409 e. The minimum atomic E-state index is -0.456. The number of benzene rings is 1. The number of carbonyl (C=O) groups is 1. The van der Waals surface area contributed by atoms with Crippen LogP contribution in [0.3, 0.4) is 0 Å². The molecule has 17 heavy (non-hydrogen) atoms. The van der Waals surface area contributed by atoms with Crippen molar-refractivity contribution in [2.75, 3.05) is 13.2 Å². The molecule has 0 fully saturated rings. The van der Waals surface area contributed by atoms with Gasteiger partial charge in [0.2, 0.25) is 0 Å². The fraction of sp³-hybridized carbons (Fsp3) is 0.273. The van der Waals surface area contributed by atoms with E-state index in [4.69, 9.17) is 10.9 Å². The maximum atomic E-state index is 11.8. The molecule has 0 atom stereocenters. The summed E-state index contributed by atoms with van der Waals surface area (Å²) >= 11 is 0. The number of halogens is 1. The van der Waals surface area contributed by atoms with Crippen LogP contribution in [0.5, 0.6) is 0 Å². The molecule has 0 heterocycles. The Morgan fingerprint density at radius 3 is 2.47 bits per heavy atom. The van der Waals surface area contributed by atoms with E-state index in [0.29, 0.717) is 24.1 Å². The summed E-state index contributed by atoms with van der Waals surface area (Å²) in [5.41, 5.74) is 6.34. The Bertz CT molecular complexity index is 404. The molecule has 0 saturated heterocycles. The molecule has 0 unspecified atom stereocenters. The predicted octanol–water partition coefficient (Wildman–Crippen LogP) is 0.870. The molecular formula is C11H14FN3O2. The van der Waals surface area contributed by atoms with Crippen molar-refractivity contribution in [1.29, 1.82) is 0 Å². The van der Waals surface area contributed by atoms with Crippen LogP contribution >= 0.6 is 0 Å². The number of hydrogen-bond acceptors (Lipinski definition) is 3. The highest BCUT2D eigenvalue weighted by Crippen LogP contribution is 2.04. The molecule has 4 N–H and O–H groups in total. The van der Waals surface area contributed by atoms with Crippen molar-refractivity contribution in [2.45, 2.75) is 6.42 Å². The monoisotopic (exact) mass is 239 g/mol. The van der Waals surface area contributed by atoms with Gasteiger partial charge in [0.15, 0.2) is 5.84 Å². The number of nitrogens with zero attached hydrogens (tertiary/aromatic N) is 1. The third-order valence-electron chi connectivity index (χ3n) is 2.15. The van der Waals surface area contributed by atoms with Gasteiger partial charge in [0.25, 0.3) is 5.91 Å². The topological polar surface area (TPSA) is 87.7 Å². The minimum Gasteiger partial charge on any atom is -0.409 e. The van der Waals surface area contributed by atoms with Crippen molar-refractivity contribution >= 4 is 11.7 Å². The third-order valence-corrected chi connectivity index (χ3v) is 2.15. The van der Waals surface area contributed by atoms with E-state index in [2.05, 4.69) is 10.5 Å². The molecule has 0 bridgehead atoms. The van der Waals surface area contributed by atoms with Gasteiger partial charge in [0.1, 0.15) is 0 Å². The molecule has 0 aliphatic rings. The van der Waals surface area contributed by atoms with E-state index in [9.17, 15) is 9.18 Å². The van der Waals surface area contributed by atoms with Gasteiger partial charge in [0, 0.05) is 17.7 Å². The van der Waals surface area contributed by atoms with Gasteiger partial charge in [-0.2, -0.15) is 0 Å². The van der Waals surface area contributed by atoms with E-state index in [0.717, 1.165) is 0 Å². The number of amides is 1. The number of carbonyl (C=O) groups excluding carboxylic acids is 1. The number of nitrogens with one attached hydrogen (secondary N) is 1. The summed E-state index contributed by atoms with van der Waals surface area (Å²) in [4.78, 5) is 11.5. The molecule has 1 amide bonds. The average Bonchev–Trinajstić information content (AvgIpc) is 2.38. The summed E-state index contributed by atoms with van der Waals surface area (Å²) in [5.74, 6) is -0.293. The predicted molar refractivity (Wildman–Crippen MR) is 61.9 cm³/mol. The smallest absolute Gasteiger partial charge is 0.251 e. The number of rotatable bonds is 5. The van der Waals surface area contributed by atoms with Crippen LogP contribution < -0.4 is 11.1 Å². The standard InChI is InChI=1S/C11H14FN3O2/c12-6-1-7-14-11(16)9-4-2-8(3-5-9)10(13)15-17/h2-5,17H,1,6-7H2,(H2,13,15)(H,14,16). The van der Waals surface area contributed by atoms with E-state index in [1.807, 2.05) is 0 Å². The van der Waals surface area contributed by atoms with Crippen LogP contribution in [0.15, 0.2) is 29.4 Å². The molecule has 0 saturated carbocycles. The summed E-state index contributed by atoms with van der Waals surface area (Å²) in [5, 5.41) is 13.9. The Kier molecular flexibility index (Phi) is 4.93. The molecule has 1 aromatic rings. The highest BCUT2D eigenvalue weighted by molar-refractivity contribution is 5.99. The maximum absolute atomic E-state index is 11.8. The summed E-state index contributed by atoms with van der Waals surface area (Å²) in [7, 11) is 0. The van der Waals surface area contributed by atoms with E-state index in [1.54, 1.807) is 24.3 Å². The Labute approximate surface area is 98.1 Å². The third kappa shape index (κ3) is 3.75. The second-order valence-corrected chi connectivity index (χ2v) is 3.36. The van der Waals surface area contributed by atoms with Gasteiger partial charge in [-0.1, -0.05) is 17.3 Å². The Balaban J connectivity index is 2.64. The Hall–Kier alpha value is -2.11. The summed E-state index contributed by atoms with van der Waals surface area (Å²) in [6.45, 7) is -0.153. The van der Waals surface area contributed by atoms with E-state index >= 15 is 0 Å². The van der Waals surface area contributed by atoms with Crippen LogP contribution in [0.4, 0.5) is 4.39 Å². The van der Waals surface area contributed by atoms with Gasteiger partial charge in [0.05, 0.1) is 6.67 Å². The van der Waals surface area contributed by atoms with E-state index in [1.165, 1.54) is 0 Å². The second kappa shape index (κ2) is 6.47. The lowest BCUT2D eigenvalue weighted by Gasteiger charge is -2.04. The number of nitrogens with two attached hydrogens (primary N) is 1. The first-order valence-electron chi connectivity index (χ1n) is 5.11. The van der Waals surface area contributed by atoms with Crippen molar-refractivity contribution in [1.82, 2.24) is 5.32 Å². The highest BCUT2D eigenvalue weighted by Gasteiger charge is 2.05. The van der Waals surface area contributed by atoms with Gasteiger partial charge in [-0.15, -0.1) is 0 Å². The zero-order valence-corrected chi connectivity index (χ0v) is 9.19. The van der Waals surface area contributed by atoms with Crippen LogP contribution in [-0.4, -0.2) is 30.2 Å². The fourth-order valence-corrected chi connectivity index (χ4v) is 1.22. The Morgan fingerprint density at radius 2 is 1.94 bits per heavy atom. The number of hydrogen-bond donors (Lipinski definition) is 3. The molecule has 0 aromatic heterocycles. The molecule has 0 spiro atoms. The van der Waals surface area contributed by atoms with E-state index < -0.39 is 6.67 Å². The van der Waals surface area contributed by atoms with Crippen molar-refractivity contribution in [3.05, 3.63) is 35.4 Å². The molecule has 1 rings (SSSR count). The highest BCUT2D eigenvalue weighted by atomic mass is 19.1. The van der Waals surface area contributed by atoms with Crippen LogP contribution in [0.1, 0.15) is 22.3 Å². The quantitative estimate of drug-likeness (QED) is 0.234. The van der Waals surface area contributed by atoms with Crippen LogP contribution in [-0.2, 0) is 0 Å². The summed E-state index contributed by atoms with van der Waals surface area (Å²) < 4.78 is 11.8. The molecule has 92 valence electrons. The molecule has 1 aromatic carbocycles. The first-order valence-corrected chi connectivity index (χ1v) is 5.11. The molecule has 6 heteroatoms. The van der Waals surface area contributed by atoms with Crippen molar-refractivity contribution in [2.24, 2.45) is 10.9 Å². The summed E-state index contributed by atoms with van der Waals surface area (Å²) in [6.07, 6.45) is 0.300. The lowest BCUT2D eigenvalue weighted by molar-refractivity contribution is 0.0952.